The molecule has 0 saturated carbocycles. The number of allylic oxidation sites excluding steroid dienone is 3. The van der Waals surface area contributed by atoms with E-state index >= 15 is 0 Å². The maximum atomic E-state index is 13.6. The van der Waals surface area contributed by atoms with E-state index in [1.807, 2.05) is 19.9 Å². The second kappa shape index (κ2) is 13.6. The Labute approximate surface area is 228 Å². The third kappa shape index (κ3) is 7.23. The highest BCUT2D eigenvalue weighted by Gasteiger charge is 2.52. The van der Waals surface area contributed by atoms with Crippen LogP contribution in [0, 0.1) is 5.41 Å². The summed E-state index contributed by atoms with van der Waals surface area (Å²) in [6, 6.07) is 2.88. The SMILES string of the molecule is CC.CCOC(=O)Nc1cc(CN2C(=O)N(C3/C=C\CC/C(C(C)(C)CC)=C\CC3)C(=O)C2(C)C)ccn1. The molecule has 1 unspecified atom stereocenters. The zero-order chi connectivity index (χ0) is 28.5. The highest BCUT2D eigenvalue weighted by atomic mass is 16.5. The summed E-state index contributed by atoms with van der Waals surface area (Å²) in [4.78, 5) is 46.0. The van der Waals surface area contributed by atoms with Gasteiger partial charge < -0.3 is 9.64 Å². The average molecular weight is 527 g/mol. The van der Waals surface area contributed by atoms with Crippen LogP contribution in [0.2, 0.25) is 0 Å². The number of pyridine rings is 1. The van der Waals surface area contributed by atoms with Crippen LogP contribution in [0.4, 0.5) is 15.4 Å². The normalized spacial score (nSPS) is 21.8. The van der Waals surface area contributed by atoms with Gasteiger partial charge in [-0.15, -0.1) is 0 Å². The van der Waals surface area contributed by atoms with E-state index in [1.165, 1.54) is 10.5 Å². The van der Waals surface area contributed by atoms with Gasteiger partial charge in [-0.1, -0.05) is 58.4 Å². The summed E-state index contributed by atoms with van der Waals surface area (Å²) in [5, 5.41) is 2.58. The summed E-state index contributed by atoms with van der Waals surface area (Å²) in [6.07, 6.45) is 11.9. The van der Waals surface area contributed by atoms with Gasteiger partial charge in [0.25, 0.3) is 5.91 Å². The van der Waals surface area contributed by atoms with Crippen molar-refractivity contribution in [3.05, 3.63) is 47.7 Å². The van der Waals surface area contributed by atoms with E-state index in [0.29, 0.717) is 12.2 Å². The van der Waals surface area contributed by atoms with Crippen LogP contribution >= 0.6 is 0 Å². The number of carbonyl (C=O) groups excluding carboxylic acids is 3. The van der Waals surface area contributed by atoms with E-state index in [9.17, 15) is 14.4 Å². The third-order valence-electron chi connectivity index (χ3n) is 7.40. The quantitative estimate of drug-likeness (QED) is 0.303. The van der Waals surface area contributed by atoms with Gasteiger partial charge in [-0.25, -0.2) is 14.6 Å². The molecule has 1 saturated heterocycles. The van der Waals surface area contributed by atoms with Crippen LogP contribution in [0.1, 0.15) is 93.1 Å². The van der Waals surface area contributed by atoms with Crippen molar-refractivity contribution in [3.8, 4) is 0 Å². The van der Waals surface area contributed by atoms with E-state index in [4.69, 9.17) is 4.74 Å². The molecule has 0 spiro atoms. The van der Waals surface area contributed by atoms with E-state index in [1.54, 1.807) is 44.0 Å². The predicted octanol–water partition coefficient (Wildman–Crippen LogP) is 7.08. The van der Waals surface area contributed by atoms with Gasteiger partial charge in [-0.2, -0.15) is 0 Å². The molecule has 1 aromatic rings. The fourth-order valence-corrected chi connectivity index (χ4v) is 4.69. The second-order valence-electron chi connectivity index (χ2n) is 10.6. The van der Waals surface area contributed by atoms with Crippen molar-refractivity contribution in [2.24, 2.45) is 5.41 Å². The number of imide groups is 1. The number of amides is 4. The number of nitrogens with zero attached hydrogens (tertiary/aromatic N) is 3. The summed E-state index contributed by atoms with van der Waals surface area (Å²) in [6.45, 7) is 16.5. The lowest BCUT2D eigenvalue weighted by Gasteiger charge is -2.27. The summed E-state index contributed by atoms with van der Waals surface area (Å²) < 4.78 is 4.91. The fraction of sp³-hybridized carbons (Fsp3) is 0.600. The monoisotopic (exact) mass is 526 g/mol. The van der Waals surface area contributed by atoms with Gasteiger partial charge in [0, 0.05) is 12.7 Å². The van der Waals surface area contributed by atoms with Crippen LogP contribution in [-0.2, 0) is 16.1 Å². The molecule has 2 heterocycles. The highest BCUT2D eigenvalue weighted by molar-refractivity contribution is 6.07. The molecule has 2 aliphatic rings. The topological polar surface area (TPSA) is 91.8 Å². The van der Waals surface area contributed by atoms with Gasteiger partial charge >= 0.3 is 12.1 Å². The molecule has 38 heavy (non-hydrogen) atoms. The molecule has 1 aliphatic heterocycles. The van der Waals surface area contributed by atoms with Crippen LogP contribution in [0.3, 0.4) is 0 Å². The lowest BCUT2D eigenvalue weighted by atomic mass is 9.79. The number of anilines is 1. The first-order chi connectivity index (χ1) is 18.0. The van der Waals surface area contributed by atoms with E-state index in [0.717, 1.165) is 31.2 Å². The minimum Gasteiger partial charge on any atom is -0.450 e. The minimum absolute atomic E-state index is 0.150. The number of nitrogens with one attached hydrogen (secondary N) is 1. The van der Waals surface area contributed by atoms with Crippen molar-refractivity contribution in [1.29, 1.82) is 0 Å². The molecule has 8 nitrogen and oxygen atoms in total. The summed E-state index contributed by atoms with van der Waals surface area (Å²) >= 11 is 0. The largest absolute Gasteiger partial charge is 0.450 e. The highest BCUT2D eigenvalue weighted by Crippen LogP contribution is 2.36. The smallest absolute Gasteiger partial charge is 0.412 e. The van der Waals surface area contributed by atoms with Gasteiger partial charge in [0.15, 0.2) is 0 Å². The Balaban J connectivity index is 0.00000247. The Hall–Kier alpha value is -3.16. The Morgan fingerprint density at radius 3 is 2.58 bits per heavy atom. The standard InChI is InChI=1S/C28H40N4O4.C2H6/c1-7-27(3,4)21-12-9-10-14-22(15-11-13-21)32-24(33)28(5,6)31(26(32)35)19-20-16-17-29-23(18-20)30-25(34)36-8-2;1-2/h10,13-14,16-18,22H,7-9,11-12,15,19H2,1-6H3,(H,29,30,34);1-2H3/b14-10-,21-13+;. The molecule has 0 bridgehead atoms. The Morgan fingerprint density at radius 1 is 1.21 bits per heavy atom. The van der Waals surface area contributed by atoms with Crippen LogP contribution < -0.4 is 5.32 Å². The van der Waals surface area contributed by atoms with Gasteiger partial charge in [0.1, 0.15) is 11.4 Å². The minimum atomic E-state index is -0.993. The molecule has 3 rings (SSSR count). The van der Waals surface area contributed by atoms with Crippen molar-refractivity contribution in [1.82, 2.24) is 14.8 Å². The van der Waals surface area contributed by atoms with Crippen molar-refractivity contribution in [2.75, 3.05) is 11.9 Å². The zero-order valence-corrected chi connectivity index (χ0v) is 24.5. The van der Waals surface area contributed by atoms with Crippen LogP contribution in [0.5, 0.6) is 0 Å². The van der Waals surface area contributed by atoms with Gasteiger partial charge in [-0.3, -0.25) is 15.0 Å². The van der Waals surface area contributed by atoms with Crippen LogP contribution in [0.25, 0.3) is 0 Å². The third-order valence-corrected chi connectivity index (χ3v) is 7.40. The Bertz CT molecular complexity index is 1040. The lowest BCUT2D eigenvalue weighted by Crippen LogP contribution is -2.44. The maximum Gasteiger partial charge on any atom is 0.412 e. The van der Waals surface area contributed by atoms with E-state index in [-0.39, 0.29) is 36.5 Å². The van der Waals surface area contributed by atoms with Gasteiger partial charge in [-0.05, 0) is 76.0 Å². The first-order valence-corrected chi connectivity index (χ1v) is 13.9. The number of carbonyl (C=O) groups is 3. The molecule has 1 N–H and O–H groups in total. The number of ether oxygens (including phenoxy) is 1. The summed E-state index contributed by atoms with van der Waals surface area (Å²) in [5.41, 5.74) is 1.36. The molecule has 0 aromatic carbocycles. The van der Waals surface area contributed by atoms with E-state index < -0.39 is 11.6 Å². The van der Waals surface area contributed by atoms with E-state index in [2.05, 4.69) is 43.2 Å². The fourth-order valence-electron chi connectivity index (χ4n) is 4.69. The Morgan fingerprint density at radius 2 is 1.92 bits per heavy atom. The van der Waals surface area contributed by atoms with Crippen LogP contribution in [-0.4, -0.2) is 51.0 Å². The number of aromatic nitrogens is 1. The molecular formula is C30H46N4O4. The lowest BCUT2D eigenvalue weighted by molar-refractivity contribution is -0.132. The maximum absolute atomic E-state index is 13.6. The first kappa shape index (κ1) is 31.1. The molecule has 8 heteroatoms. The molecule has 1 aliphatic carbocycles. The molecule has 1 atom stereocenters. The molecule has 1 aromatic heterocycles. The number of hydrogen-bond donors (Lipinski definition) is 1. The van der Waals surface area contributed by atoms with Crippen molar-refractivity contribution in [3.63, 3.8) is 0 Å². The number of urea groups is 1. The first-order valence-electron chi connectivity index (χ1n) is 13.9. The Kier molecular flexibility index (Phi) is 11.1. The van der Waals surface area contributed by atoms with Crippen molar-refractivity contribution >= 4 is 23.8 Å². The van der Waals surface area contributed by atoms with Crippen molar-refractivity contribution in [2.45, 2.75) is 106 Å². The summed E-state index contributed by atoms with van der Waals surface area (Å²) in [7, 11) is 0. The molecule has 1 fully saturated rings. The molecule has 4 amide bonds. The zero-order valence-electron chi connectivity index (χ0n) is 24.5. The molecule has 0 radical (unpaired) electrons. The number of rotatable bonds is 7. The number of hydrogen-bond acceptors (Lipinski definition) is 5. The molecular weight excluding hydrogens is 480 g/mol. The average Bonchev–Trinajstić information content (AvgIpc) is 3.13. The van der Waals surface area contributed by atoms with Crippen LogP contribution in [0.15, 0.2) is 42.1 Å². The molecule has 210 valence electrons. The second-order valence-corrected chi connectivity index (χ2v) is 10.6. The van der Waals surface area contributed by atoms with Gasteiger partial charge in [0.05, 0.1) is 12.6 Å². The summed E-state index contributed by atoms with van der Waals surface area (Å²) in [5.74, 6) is 0.133. The van der Waals surface area contributed by atoms with Gasteiger partial charge in [0.2, 0.25) is 0 Å². The predicted molar refractivity (Wildman–Crippen MR) is 152 cm³/mol. The van der Waals surface area contributed by atoms with Crippen molar-refractivity contribution < 1.29 is 19.1 Å².